The van der Waals surface area contributed by atoms with Gasteiger partial charge in [0.1, 0.15) is 73.2 Å². The van der Waals surface area contributed by atoms with Gasteiger partial charge in [0.05, 0.1) is 38.6 Å². The fraction of sp³-hybridized carbons (Fsp3) is 0.894. The van der Waals surface area contributed by atoms with Gasteiger partial charge in [-0.1, -0.05) is 230 Å². The van der Waals surface area contributed by atoms with Gasteiger partial charge in [-0.2, -0.15) is 0 Å². The third kappa shape index (κ3) is 31.5. The summed E-state index contributed by atoms with van der Waals surface area (Å²) in [6.07, 6.45) is 28.4. The lowest BCUT2D eigenvalue weighted by Crippen LogP contribution is -2.66. The van der Waals surface area contributed by atoms with Gasteiger partial charge in [0.25, 0.3) is 0 Å². The van der Waals surface area contributed by atoms with E-state index in [9.17, 15) is 61.0 Å². The predicted octanol–water partition coefficient (Wildman–Crippen LogP) is 8.05. The molecular formula is C66H121NO18. The number of carbonyl (C=O) groups excluding carboxylic acids is 1. The van der Waals surface area contributed by atoms with Crippen molar-refractivity contribution in [1.29, 1.82) is 0 Å². The molecule has 3 fully saturated rings. The van der Waals surface area contributed by atoms with Crippen molar-refractivity contribution in [2.24, 2.45) is 0 Å². The van der Waals surface area contributed by atoms with Crippen molar-refractivity contribution in [1.82, 2.24) is 5.32 Å². The lowest BCUT2D eigenvalue weighted by atomic mass is 9.96. The van der Waals surface area contributed by atoms with Gasteiger partial charge in [-0.15, -0.1) is 0 Å². The van der Waals surface area contributed by atoms with Gasteiger partial charge in [-0.25, -0.2) is 0 Å². The second-order valence-corrected chi connectivity index (χ2v) is 24.3. The average Bonchev–Trinajstić information content (AvgIpc) is 3.10. The molecule has 19 nitrogen and oxygen atoms in total. The number of ether oxygens (including phenoxy) is 6. The Morgan fingerprint density at radius 1 is 0.412 bits per heavy atom. The van der Waals surface area contributed by atoms with Gasteiger partial charge in [-0.05, 0) is 44.9 Å². The standard InChI is InChI=1S/C66H121NO18/c1-3-5-7-9-11-13-15-17-19-21-22-23-24-25-26-27-28-29-31-33-35-37-39-41-43-50(71)49(67-54(72)44-42-40-38-36-34-32-30-20-18-16-14-12-10-8-6-4-2)48-80-64-60(78)57(75)62(52(46-69)82-64)85-66-61(79)58(76)63(53(47-70)83-66)84-65-59(77)56(74)55(73)51(45-68)81-65/h27-28,33,35,41,43,49-53,55-66,68-71,73-79H,3-26,29-32,34,36-40,42,44-48H2,1-2H3,(H,67,72)/b28-27+,35-33+,43-41+. The van der Waals surface area contributed by atoms with E-state index in [1.807, 2.05) is 6.08 Å². The number of amides is 1. The fourth-order valence-corrected chi connectivity index (χ4v) is 11.4. The number of rotatable bonds is 51. The van der Waals surface area contributed by atoms with E-state index in [0.29, 0.717) is 12.8 Å². The van der Waals surface area contributed by atoms with E-state index in [-0.39, 0.29) is 18.9 Å². The Bertz CT molecular complexity index is 1690. The summed E-state index contributed by atoms with van der Waals surface area (Å²) in [6.45, 7) is 1.72. The van der Waals surface area contributed by atoms with Crippen LogP contribution in [0.4, 0.5) is 0 Å². The summed E-state index contributed by atoms with van der Waals surface area (Å²) in [4.78, 5) is 13.4. The SMILES string of the molecule is CCCCCCCCCCCCCCCC/C=C/CC/C=C/CC/C=C/C(O)C(COC1OC(CO)C(OC2OC(CO)C(OC3OC(CO)C(O)C(O)C3O)C(O)C2O)C(O)C1O)NC(=O)CCCCCCCCCCCCCCCCCC. The molecule has 0 aromatic carbocycles. The second-order valence-electron chi connectivity index (χ2n) is 24.3. The van der Waals surface area contributed by atoms with Gasteiger partial charge in [0, 0.05) is 6.42 Å². The number of nitrogens with one attached hydrogen (secondary N) is 1. The molecule has 19 heteroatoms. The highest BCUT2D eigenvalue weighted by Crippen LogP contribution is 2.33. The minimum atomic E-state index is -1.98. The van der Waals surface area contributed by atoms with E-state index in [1.54, 1.807) is 6.08 Å². The van der Waals surface area contributed by atoms with E-state index < -0.39 is 124 Å². The molecule has 3 aliphatic rings. The second kappa shape index (κ2) is 48.8. The number of hydrogen-bond donors (Lipinski definition) is 12. The van der Waals surface area contributed by atoms with Gasteiger partial charge < -0.3 is 89.9 Å². The van der Waals surface area contributed by atoms with E-state index in [4.69, 9.17) is 28.4 Å². The molecule has 85 heavy (non-hydrogen) atoms. The summed E-state index contributed by atoms with van der Waals surface area (Å²) < 4.78 is 34.3. The molecule has 1 amide bonds. The Balaban J connectivity index is 1.47. The van der Waals surface area contributed by atoms with Crippen molar-refractivity contribution in [2.45, 2.75) is 349 Å². The lowest BCUT2D eigenvalue weighted by Gasteiger charge is -2.48. The fourth-order valence-electron chi connectivity index (χ4n) is 11.4. The summed E-state index contributed by atoms with van der Waals surface area (Å²) >= 11 is 0. The molecule has 0 bridgehead atoms. The predicted molar refractivity (Wildman–Crippen MR) is 328 cm³/mol. The molecule has 0 radical (unpaired) electrons. The first-order valence-electron chi connectivity index (χ1n) is 33.7. The number of carbonyl (C=O) groups is 1. The first-order chi connectivity index (χ1) is 41.3. The van der Waals surface area contributed by atoms with E-state index in [2.05, 4.69) is 43.5 Å². The Morgan fingerprint density at radius 3 is 1.18 bits per heavy atom. The number of aliphatic hydroxyl groups is 11. The molecule has 0 aromatic heterocycles. The third-order valence-electron chi connectivity index (χ3n) is 16.9. The number of allylic oxidation sites excluding steroid dienone is 5. The highest BCUT2D eigenvalue weighted by atomic mass is 16.8. The van der Waals surface area contributed by atoms with Crippen LogP contribution in [0.5, 0.6) is 0 Å². The minimum Gasteiger partial charge on any atom is -0.394 e. The van der Waals surface area contributed by atoms with Crippen LogP contribution in [0.1, 0.15) is 245 Å². The summed E-state index contributed by atoms with van der Waals surface area (Å²) in [6, 6.07) is -0.994. The molecule has 3 rings (SSSR count). The van der Waals surface area contributed by atoms with Crippen molar-refractivity contribution in [3.8, 4) is 0 Å². The van der Waals surface area contributed by atoms with Crippen molar-refractivity contribution >= 4 is 5.91 Å². The van der Waals surface area contributed by atoms with Crippen LogP contribution in [-0.4, -0.2) is 193 Å². The van der Waals surface area contributed by atoms with Gasteiger partial charge in [0.2, 0.25) is 5.91 Å². The van der Waals surface area contributed by atoms with Crippen LogP contribution in [0.15, 0.2) is 36.5 Å². The summed E-state index contributed by atoms with van der Waals surface area (Å²) in [5.41, 5.74) is 0. The Labute approximate surface area is 511 Å². The molecule has 0 saturated carbocycles. The van der Waals surface area contributed by atoms with Crippen LogP contribution in [-0.2, 0) is 33.2 Å². The maximum Gasteiger partial charge on any atom is 0.220 e. The van der Waals surface area contributed by atoms with E-state index in [0.717, 1.165) is 44.9 Å². The Hall–Kier alpha value is -1.99. The zero-order valence-corrected chi connectivity index (χ0v) is 52.3. The molecule has 0 aromatic rings. The molecule has 3 aliphatic heterocycles. The van der Waals surface area contributed by atoms with Crippen LogP contribution >= 0.6 is 0 Å². The van der Waals surface area contributed by atoms with Gasteiger partial charge in [0.15, 0.2) is 18.9 Å². The molecular weight excluding hydrogens is 1090 g/mol. The Kier molecular flexibility index (Phi) is 44.4. The topological polar surface area (TPSA) is 307 Å². The van der Waals surface area contributed by atoms with Crippen LogP contribution in [0.2, 0.25) is 0 Å². The summed E-state index contributed by atoms with van der Waals surface area (Å²) in [5.74, 6) is -0.287. The van der Waals surface area contributed by atoms with Crippen molar-refractivity contribution < 1.29 is 89.4 Å². The normalized spacial score (nSPS) is 29.2. The Morgan fingerprint density at radius 2 is 0.753 bits per heavy atom. The van der Waals surface area contributed by atoms with E-state index >= 15 is 0 Å². The molecule has 3 heterocycles. The monoisotopic (exact) mass is 1220 g/mol. The molecule has 3 saturated heterocycles. The largest absolute Gasteiger partial charge is 0.394 e. The van der Waals surface area contributed by atoms with Crippen molar-refractivity contribution in [3.63, 3.8) is 0 Å². The van der Waals surface area contributed by atoms with Gasteiger partial charge in [-0.3, -0.25) is 4.79 Å². The summed E-state index contributed by atoms with van der Waals surface area (Å²) in [7, 11) is 0. The quantitative estimate of drug-likeness (QED) is 0.0202. The molecule has 0 aliphatic carbocycles. The zero-order chi connectivity index (χ0) is 61.9. The van der Waals surface area contributed by atoms with Crippen molar-refractivity contribution in [2.75, 3.05) is 26.4 Å². The lowest BCUT2D eigenvalue weighted by molar-refractivity contribution is -0.379. The zero-order valence-electron chi connectivity index (χ0n) is 52.3. The van der Waals surface area contributed by atoms with Crippen LogP contribution in [0, 0.1) is 0 Å². The molecule has 17 unspecified atom stereocenters. The maximum atomic E-state index is 13.4. The number of unbranched alkanes of at least 4 members (excludes halogenated alkanes) is 31. The van der Waals surface area contributed by atoms with Crippen LogP contribution in [0.25, 0.3) is 0 Å². The number of hydrogen-bond acceptors (Lipinski definition) is 18. The average molecular weight is 1220 g/mol. The molecule has 12 N–H and O–H groups in total. The smallest absolute Gasteiger partial charge is 0.220 e. The maximum absolute atomic E-state index is 13.4. The van der Waals surface area contributed by atoms with Crippen LogP contribution in [0.3, 0.4) is 0 Å². The third-order valence-corrected chi connectivity index (χ3v) is 16.9. The molecule has 17 atom stereocenters. The minimum absolute atomic E-state index is 0.235. The van der Waals surface area contributed by atoms with Crippen molar-refractivity contribution in [3.05, 3.63) is 36.5 Å². The molecule has 0 spiro atoms. The summed E-state index contributed by atoms with van der Waals surface area (Å²) in [5, 5.41) is 120. The van der Waals surface area contributed by atoms with Gasteiger partial charge >= 0.3 is 0 Å². The first-order valence-corrected chi connectivity index (χ1v) is 33.7. The van der Waals surface area contributed by atoms with Crippen LogP contribution < -0.4 is 5.32 Å². The van der Waals surface area contributed by atoms with E-state index in [1.165, 1.54) is 167 Å². The first kappa shape index (κ1) is 77.3. The molecule has 498 valence electrons. The highest BCUT2D eigenvalue weighted by molar-refractivity contribution is 5.76. The highest BCUT2D eigenvalue weighted by Gasteiger charge is 2.53. The number of aliphatic hydroxyl groups excluding tert-OH is 11.